The van der Waals surface area contributed by atoms with Crippen molar-refractivity contribution in [3.05, 3.63) is 113 Å². The first-order valence-electron chi connectivity index (χ1n) is 16.3. The number of carbonyl (C=O) groups excluding carboxylic acids is 2. The summed E-state index contributed by atoms with van der Waals surface area (Å²) in [6.07, 6.45) is 1.40. The topological polar surface area (TPSA) is 479 Å². The van der Waals surface area contributed by atoms with Crippen LogP contribution in [0.25, 0.3) is 12.2 Å². The van der Waals surface area contributed by atoms with Crippen LogP contribution in [0.2, 0.25) is 0 Å². The van der Waals surface area contributed by atoms with Crippen molar-refractivity contribution in [2.75, 3.05) is 22.3 Å². The van der Waals surface area contributed by atoms with Gasteiger partial charge in [-0.2, -0.15) is 43.9 Å². The van der Waals surface area contributed by atoms with E-state index in [9.17, 15) is 91.9 Å². The second-order valence-corrected chi connectivity index (χ2v) is 18.2. The summed E-state index contributed by atoms with van der Waals surface area (Å²) in [7, 11) is -19.7. The molecule has 0 unspecified atom stereocenters. The molecular formula is C32H29CrN8O20S4+5. The summed E-state index contributed by atoms with van der Waals surface area (Å²) in [4.78, 5) is 42.4. The van der Waals surface area contributed by atoms with E-state index in [-0.39, 0.29) is 58.1 Å². The quantitative estimate of drug-likeness (QED) is 0.0359. The van der Waals surface area contributed by atoms with Crippen molar-refractivity contribution in [3.8, 4) is 11.5 Å². The molecule has 0 saturated heterocycles. The number of hydrogen-bond donors (Lipinski definition) is 10. The Morgan fingerprint density at radius 3 is 1.15 bits per heavy atom. The number of nitrogen functional groups attached to an aromatic ring is 2. The summed E-state index contributed by atoms with van der Waals surface area (Å²) in [5.41, 5.74) is 9.84. The Balaban J connectivity index is 0. The molecule has 0 spiro atoms. The molecule has 342 valence electrons. The van der Waals surface area contributed by atoms with Crippen LogP contribution in [0.15, 0.2) is 90.5 Å². The monoisotopic (exact) mass is 1020 g/mol. The molecule has 0 amide bonds. The summed E-state index contributed by atoms with van der Waals surface area (Å²) in [6, 6.07) is 8.61. The number of hydrazone groups is 2. The Hall–Kier alpha value is -7.19. The van der Waals surface area contributed by atoms with E-state index in [1.807, 2.05) is 0 Å². The number of Topliss-reactive ketones (excluding diaryl/α,β-unsaturated/α-hetero) is 2. The number of carbonyl (C=O) groups is 2. The second-order valence-electron chi connectivity index (χ2n) is 12.6. The molecule has 4 aromatic rings. The van der Waals surface area contributed by atoms with E-state index in [1.54, 1.807) is 0 Å². The number of allylic oxidation sites excluding steroid dienone is 2. The Bertz CT molecular complexity index is 3180. The Kier molecular flexibility index (Phi) is 14.1. The van der Waals surface area contributed by atoms with Gasteiger partial charge < -0.3 is 21.7 Å². The van der Waals surface area contributed by atoms with Gasteiger partial charge in [-0.3, -0.25) is 58.9 Å². The van der Waals surface area contributed by atoms with Crippen LogP contribution in [0.1, 0.15) is 39.0 Å². The first-order valence-corrected chi connectivity index (χ1v) is 22.1. The zero-order valence-electron chi connectivity index (χ0n) is 36.3. The molecule has 0 aliphatic heterocycles. The smallest absolute Gasteiger partial charge is 0.506 e. The van der Waals surface area contributed by atoms with Gasteiger partial charge in [0.2, 0.25) is 11.6 Å². The number of aromatic hydroxyl groups is 2. The van der Waals surface area contributed by atoms with E-state index in [0.29, 0.717) is 12.2 Å². The van der Waals surface area contributed by atoms with Gasteiger partial charge in [-0.15, -0.1) is 0 Å². The molecular weight excluding hydrogens is 997 g/mol. The number of fused-ring (bicyclic) bond motifs is 2. The summed E-state index contributed by atoms with van der Waals surface area (Å²) in [5.74, 6) is -3.38. The molecule has 0 saturated carbocycles. The molecule has 0 heterocycles. The summed E-state index contributed by atoms with van der Waals surface area (Å²) >= 11 is 0. The summed E-state index contributed by atoms with van der Waals surface area (Å²) in [6.45, 7) is 0. The van der Waals surface area contributed by atoms with Crippen LogP contribution in [0.4, 0.5) is 34.1 Å². The van der Waals surface area contributed by atoms with E-state index in [0.717, 1.165) is 60.7 Å². The molecule has 28 nitrogen and oxygen atoms in total. The van der Waals surface area contributed by atoms with E-state index in [1.165, 1.54) is 0 Å². The number of nitro groups is 2. The number of phenolic OH excluding ortho intramolecular Hbond substituents is 2. The molecule has 65 heavy (non-hydrogen) atoms. The predicted octanol–water partition coefficient (Wildman–Crippen LogP) is 2.60. The third-order valence-corrected chi connectivity index (χ3v) is 11.8. The van der Waals surface area contributed by atoms with Gasteiger partial charge in [0.05, 0.1) is 30.8 Å². The van der Waals surface area contributed by atoms with Gasteiger partial charge in [0, 0.05) is 53.0 Å². The zero-order chi connectivity index (χ0) is 48.0. The summed E-state index contributed by atoms with van der Waals surface area (Å²) in [5, 5.41) is 48.5. The normalized spacial score (nSPS) is 15.0. The fraction of sp³-hybridized carbons (Fsp3) is 0. The van der Waals surface area contributed by atoms with Gasteiger partial charge in [0.15, 0.2) is 11.4 Å². The zero-order valence-corrected chi connectivity index (χ0v) is 35.9. The van der Waals surface area contributed by atoms with Crippen molar-refractivity contribution < 1.29 is 106 Å². The number of anilines is 4. The number of phenols is 2. The maximum Gasteiger partial charge on any atom is 1.00 e. The minimum absolute atomic E-state index is 0. The van der Waals surface area contributed by atoms with E-state index in [4.69, 9.17) is 11.5 Å². The van der Waals surface area contributed by atoms with Crippen molar-refractivity contribution in [3.63, 3.8) is 0 Å². The molecule has 6 rings (SSSR count). The second kappa shape index (κ2) is 18.1. The van der Waals surface area contributed by atoms with Crippen LogP contribution in [0.5, 0.6) is 11.5 Å². The van der Waals surface area contributed by atoms with Crippen molar-refractivity contribution >= 4 is 110 Å². The maximum atomic E-state index is 12.9. The number of non-ortho nitro benzene ring substituents is 2. The largest absolute Gasteiger partial charge is 1.00 e. The van der Waals surface area contributed by atoms with Gasteiger partial charge in [0.1, 0.15) is 32.7 Å². The van der Waals surface area contributed by atoms with Crippen LogP contribution in [-0.2, 0) is 57.8 Å². The molecule has 33 heteroatoms. The molecule has 0 fully saturated rings. The molecule has 4 aromatic carbocycles. The minimum Gasteiger partial charge on any atom is -0.506 e. The van der Waals surface area contributed by atoms with Crippen molar-refractivity contribution in [2.45, 2.75) is 9.79 Å². The first kappa shape index (κ1) is 50.5. The maximum absolute atomic E-state index is 12.9. The molecule has 0 aromatic heterocycles. The van der Waals surface area contributed by atoms with Gasteiger partial charge in [-0.05, 0) is 59.7 Å². The fourth-order valence-electron chi connectivity index (χ4n) is 5.54. The van der Waals surface area contributed by atoms with Crippen molar-refractivity contribution in [1.82, 2.24) is 0 Å². The van der Waals surface area contributed by atoms with Crippen LogP contribution < -0.4 is 22.3 Å². The molecule has 0 radical (unpaired) electrons. The minimum atomic E-state index is -5.10. The number of hydrogen-bond acceptors (Lipinski definition) is 22. The number of benzene rings is 4. The van der Waals surface area contributed by atoms with Crippen LogP contribution >= 0.6 is 0 Å². The van der Waals surface area contributed by atoms with E-state index < -0.39 is 127 Å². The third-order valence-electron chi connectivity index (χ3n) is 8.38. The molecule has 0 atom stereocenters. The average Bonchev–Trinajstić information content (AvgIpc) is 3.16. The number of nitro benzene ring substituents is 2. The van der Waals surface area contributed by atoms with Crippen molar-refractivity contribution in [2.24, 2.45) is 10.2 Å². The number of ketones is 2. The molecule has 2 aliphatic carbocycles. The Morgan fingerprint density at radius 2 is 0.877 bits per heavy atom. The predicted molar refractivity (Wildman–Crippen MR) is 226 cm³/mol. The number of rotatable bonds is 10. The standard InChI is InChI=1S/2C16H12N4O10S2.Cr/c2*17-10-6-9(31(25,26)27)3-7-4-13(32(28,29)30)15(16(22)14(7)10)19-18-11-5-8(20(23)24)1-2-12(11)21;/h2*1-6,18,21H,17H2,(H,25,26,27)(H,28,29,30);/p+5/b2*19-15-;. The molecule has 12 N–H and O–H groups in total. The van der Waals surface area contributed by atoms with Gasteiger partial charge >= 0.3 is 7.13 Å². The van der Waals surface area contributed by atoms with Gasteiger partial charge in [0.25, 0.3) is 51.8 Å². The van der Waals surface area contributed by atoms with Gasteiger partial charge in [-0.25, -0.2) is 0 Å². The molecule has 2 aliphatic rings. The number of nitrogens with two attached hydrogens (primary N) is 2. The van der Waals surface area contributed by atoms with Crippen LogP contribution in [0.3, 0.4) is 0 Å². The average molecular weight is 1030 g/mol. The Labute approximate surface area is 381 Å². The van der Waals surface area contributed by atoms with E-state index >= 15 is 0 Å². The third kappa shape index (κ3) is 11.0. The van der Waals surface area contributed by atoms with Crippen molar-refractivity contribution in [1.29, 1.82) is 0 Å². The van der Waals surface area contributed by atoms with E-state index in [2.05, 4.69) is 21.1 Å². The van der Waals surface area contributed by atoms with Crippen LogP contribution in [0, 0.1) is 20.2 Å². The molecule has 0 bridgehead atoms. The summed E-state index contributed by atoms with van der Waals surface area (Å²) < 4.78 is 130. The first-order chi connectivity index (χ1) is 29.4. The van der Waals surface area contributed by atoms with Gasteiger partial charge in [-0.1, -0.05) is 0 Å². The number of nitrogens with one attached hydrogen (secondary N) is 2. The Morgan fingerprint density at radius 1 is 0.554 bits per heavy atom. The number of nitrogens with zero attached hydrogens (tertiary/aromatic N) is 4. The fourth-order valence-corrected chi connectivity index (χ4v) is 7.96. The SMILES string of the molecule is Nc1cc(S(=O)(=O)O)cc2c1C(=O)/C(=N\Nc1cc([N+](=O)[O-])ccc1O)C(S(=O)(=O)O)=C2.Nc1cc(S(=O)(=O)O)cc2c1C(=O)/C(=N\Nc1cc([N+](=O)[O-])ccc1O)C(S(=O)(=O)O)=C2.[Cr].[H+].[H+].[H+].[H+].[H+]. The van der Waals surface area contributed by atoms with Crippen LogP contribution in [-0.4, -0.2) is 94.9 Å².